The molecule has 0 saturated heterocycles. The second-order valence-electron chi connectivity index (χ2n) is 16.3. The van der Waals surface area contributed by atoms with E-state index in [1.165, 1.54) is 60.9 Å². The number of aromatic nitrogens is 4. The monoisotopic (exact) mass is 788 g/mol. The zero-order chi connectivity index (χ0) is 40.8. The van der Waals surface area contributed by atoms with E-state index in [4.69, 9.17) is 10.1 Å². The van der Waals surface area contributed by atoms with Crippen LogP contribution in [0.5, 0.6) is 0 Å². The van der Waals surface area contributed by atoms with Crippen molar-refractivity contribution in [3.8, 4) is 73.0 Å². The summed E-state index contributed by atoms with van der Waals surface area (Å²) in [4.78, 5) is 5.30. The number of benzene rings is 9. The van der Waals surface area contributed by atoms with Gasteiger partial charge in [0.25, 0.3) is 0 Å². The normalized spacial score (nSPS) is 14.5. The van der Waals surface area contributed by atoms with E-state index in [2.05, 4.69) is 180 Å². The van der Waals surface area contributed by atoms with Crippen molar-refractivity contribution in [2.45, 2.75) is 5.41 Å². The number of fused-ring (bicyclic) bond motifs is 12. The van der Waals surface area contributed by atoms with Crippen molar-refractivity contribution >= 4 is 21.8 Å². The average molecular weight is 789 g/mol. The third-order valence-electron chi connectivity index (χ3n) is 13.2. The summed E-state index contributed by atoms with van der Waals surface area (Å²) in [6.07, 6.45) is 0. The molecule has 1 aliphatic heterocycles. The van der Waals surface area contributed by atoms with Crippen molar-refractivity contribution in [2.24, 2.45) is 0 Å². The molecule has 62 heavy (non-hydrogen) atoms. The number of para-hydroxylation sites is 3. The lowest BCUT2D eigenvalue weighted by Crippen LogP contribution is -2.33. The van der Waals surface area contributed by atoms with Crippen molar-refractivity contribution in [3.63, 3.8) is 0 Å². The van der Waals surface area contributed by atoms with Crippen LogP contribution in [0, 0.1) is 0 Å². The summed E-state index contributed by atoms with van der Waals surface area (Å²) < 4.78 is 2.51. The summed E-state index contributed by atoms with van der Waals surface area (Å²) in [5.74, 6) is 0.591. The first-order valence-corrected chi connectivity index (χ1v) is 21.2. The Morgan fingerprint density at radius 1 is 0.339 bits per heavy atom. The van der Waals surface area contributed by atoms with Crippen LogP contribution < -0.4 is 0 Å². The van der Waals surface area contributed by atoms with Crippen molar-refractivity contribution < 1.29 is 0 Å². The Morgan fingerprint density at radius 3 is 1.73 bits per heavy atom. The number of rotatable bonds is 5. The van der Waals surface area contributed by atoms with Gasteiger partial charge in [0.1, 0.15) is 11.4 Å². The molecule has 1 aliphatic carbocycles. The molecule has 3 heterocycles. The highest BCUT2D eigenvalue weighted by molar-refractivity contribution is 6.13. The molecule has 0 bridgehead atoms. The molecule has 2 aromatic heterocycles. The van der Waals surface area contributed by atoms with E-state index < -0.39 is 5.41 Å². The van der Waals surface area contributed by atoms with Crippen LogP contribution in [-0.4, -0.2) is 19.7 Å². The van der Waals surface area contributed by atoms with E-state index in [-0.39, 0.29) is 0 Å². The van der Waals surface area contributed by atoms with Crippen LogP contribution in [0.3, 0.4) is 0 Å². The van der Waals surface area contributed by atoms with Gasteiger partial charge in [-0.2, -0.15) is 0 Å². The Kier molecular flexibility index (Phi) is 7.49. The van der Waals surface area contributed by atoms with Crippen LogP contribution in [0.4, 0.5) is 0 Å². The van der Waals surface area contributed by atoms with E-state index in [9.17, 15) is 0 Å². The summed E-state index contributed by atoms with van der Waals surface area (Å²) in [6, 6.07) is 78.9. The molecule has 1 unspecified atom stereocenters. The van der Waals surface area contributed by atoms with Gasteiger partial charge in [0.2, 0.25) is 0 Å². The molecule has 4 nitrogen and oxygen atoms in total. The van der Waals surface area contributed by atoms with Crippen LogP contribution in [-0.2, 0) is 5.41 Å². The van der Waals surface area contributed by atoms with E-state index in [1.807, 2.05) is 48.5 Å². The Bertz CT molecular complexity index is 3590. The van der Waals surface area contributed by atoms with Crippen molar-refractivity contribution in [2.75, 3.05) is 0 Å². The first-order valence-electron chi connectivity index (χ1n) is 21.2. The van der Waals surface area contributed by atoms with E-state index in [0.717, 1.165) is 50.3 Å². The zero-order valence-electron chi connectivity index (χ0n) is 33.6. The fourth-order valence-corrected chi connectivity index (χ4v) is 10.6. The summed E-state index contributed by atoms with van der Waals surface area (Å²) in [5, 5.41) is 12.1. The van der Waals surface area contributed by atoms with Gasteiger partial charge in [-0.05, 0) is 73.8 Å². The molecule has 1 spiro atoms. The highest BCUT2D eigenvalue weighted by Crippen LogP contribution is 2.61. The summed E-state index contributed by atoms with van der Waals surface area (Å²) in [6.45, 7) is 0. The van der Waals surface area contributed by atoms with Gasteiger partial charge in [0.05, 0.1) is 22.1 Å². The molecule has 9 aromatic carbocycles. The molecule has 0 saturated carbocycles. The molecule has 13 rings (SSSR count). The topological polar surface area (TPSA) is 43.6 Å². The van der Waals surface area contributed by atoms with E-state index >= 15 is 0 Å². The highest BCUT2D eigenvalue weighted by atomic mass is 15.2. The van der Waals surface area contributed by atoms with Crippen LogP contribution >= 0.6 is 0 Å². The number of nitrogens with zero attached hydrogens (tertiary/aromatic N) is 4. The van der Waals surface area contributed by atoms with Gasteiger partial charge in [-0.3, -0.25) is 0 Å². The lowest BCUT2D eigenvalue weighted by molar-refractivity contribution is 0.749. The second-order valence-corrected chi connectivity index (χ2v) is 16.3. The predicted octanol–water partition coefficient (Wildman–Crippen LogP) is 14.0. The van der Waals surface area contributed by atoms with Crippen molar-refractivity contribution in [1.82, 2.24) is 19.7 Å². The molecule has 2 aliphatic rings. The van der Waals surface area contributed by atoms with Crippen molar-refractivity contribution in [1.29, 1.82) is 0 Å². The number of hydrogen-bond donors (Lipinski definition) is 0. The molecule has 0 N–H and O–H groups in total. The molecular weight excluding hydrogens is 753 g/mol. The minimum absolute atomic E-state index is 0.541. The Labute approximate surface area is 359 Å². The molecular formula is C58H36N4. The minimum atomic E-state index is -0.541. The largest absolute Gasteiger partial charge is 0.309 e. The van der Waals surface area contributed by atoms with Crippen LogP contribution in [0.25, 0.3) is 94.8 Å². The fraction of sp³-hybridized carbons (Fsp3) is 0.0172. The van der Waals surface area contributed by atoms with Crippen molar-refractivity contribution in [3.05, 3.63) is 241 Å². The standard InChI is InChI=1S/C58H36N4/c1-3-18-37(19-4-1)54-55(59-57(61-60-54)38-20-5-2-6-21-38)46-27-10-9-24-42(46)41-23-8-7-22-40(41)39-34-35-44-43-25-11-13-29-48(43)58(51(44)36-39)49-30-14-16-33-53(49)62-52-32-15-12-26-45(52)47-28-17-31-50(58)56(47)62/h1-36H. The van der Waals surface area contributed by atoms with Gasteiger partial charge in [-0.15, -0.1) is 10.2 Å². The van der Waals surface area contributed by atoms with E-state index in [1.54, 1.807) is 0 Å². The first kappa shape index (κ1) is 34.6. The van der Waals surface area contributed by atoms with Gasteiger partial charge in [-0.25, -0.2) is 4.98 Å². The molecule has 0 amide bonds. The fourth-order valence-electron chi connectivity index (χ4n) is 10.6. The SMILES string of the molecule is c1ccc(-c2nnc(-c3ccccc3)c(-c3ccccc3-c3ccccc3-c3ccc4c(c3)C3(c5ccccc5-4)c4ccccc4-n4c5ccccc5c5cccc3c54)n2)cc1. The molecule has 288 valence electrons. The maximum absolute atomic E-state index is 5.30. The lowest BCUT2D eigenvalue weighted by Gasteiger charge is -2.39. The predicted molar refractivity (Wildman–Crippen MR) is 252 cm³/mol. The summed E-state index contributed by atoms with van der Waals surface area (Å²) in [7, 11) is 0. The van der Waals surface area contributed by atoms with Crippen LogP contribution in [0.1, 0.15) is 22.3 Å². The maximum Gasteiger partial charge on any atom is 0.182 e. The first-order chi connectivity index (χ1) is 30.8. The van der Waals surface area contributed by atoms with Gasteiger partial charge >= 0.3 is 0 Å². The highest BCUT2D eigenvalue weighted by Gasteiger charge is 2.50. The Hall–Kier alpha value is -8.21. The summed E-state index contributed by atoms with van der Waals surface area (Å²) in [5.41, 5.74) is 19.9. The van der Waals surface area contributed by atoms with E-state index in [0.29, 0.717) is 5.82 Å². The maximum atomic E-state index is 5.30. The van der Waals surface area contributed by atoms with Crippen LogP contribution in [0.15, 0.2) is 218 Å². The zero-order valence-corrected chi connectivity index (χ0v) is 33.6. The van der Waals surface area contributed by atoms with Gasteiger partial charge in [0, 0.05) is 27.5 Å². The van der Waals surface area contributed by atoms with Crippen LogP contribution in [0.2, 0.25) is 0 Å². The third-order valence-corrected chi connectivity index (χ3v) is 13.2. The molecule has 0 fully saturated rings. The molecule has 1 atom stereocenters. The lowest BCUT2D eigenvalue weighted by atomic mass is 9.65. The smallest absolute Gasteiger partial charge is 0.182 e. The van der Waals surface area contributed by atoms with Gasteiger partial charge in [0.15, 0.2) is 5.82 Å². The van der Waals surface area contributed by atoms with Gasteiger partial charge in [-0.1, -0.05) is 200 Å². The quantitative estimate of drug-likeness (QED) is 0.174. The Balaban J connectivity index is 1.06. The summed E-state index contributed by atoms with van der Waals surface area (Å²) >= 11 is 0. The molecule has 4 heteroatoms. The molecule has 11 aromatic rings. The molecule has 0 radical (unpaired) electrons. The number of hydrogen-bond acceptors (Lipinski definition) is 3. The Morgan fingerprint density at radius 2 is 0.919 bits per heavy atom. The minimum Gasteiger partial charge on any atom is -0.309 e. The second kappa shape index (κ2) is 13.4. The third kappa shape index (κ3) is 4.80. The van der Waals surface area contributed by atoms with Gasteiger partial charge < -0.3 is 4.57 Å². The average Bonchev–Trinajstić information content (AvgIpc) is 3.85.